The first-order valence-corrected chi connectivity index (χ1v) is 9.98. The molecule has 4 rings (SSSR count). The summed E-state index contributed by atoms with van der Waals surface area (Å²) >= 11 is 0. The Morgan fingerprint density at radius 2 is 1.50 bits per heavy atom. The molecule has 0 radical (unpaired) electrons. The Hall–Kier alpha value is -3.47. The van der Waals surface area contributed by atoms with E-state index in [0.717, 1.165) is 17.7 Å². The molecule has 0 saturated carbocycles. The minimum atomic E-state index is -0.461. The molecule has 1 atom stereocenters. The van der Waals surface area contributed by atoms with Crippen LogP contribution < -0.4 is 4.90 Å². The number of rotatable bonds is 3. The van der Waals surface area contributed by atoms with Crippen LogP contribution in [-0.2, 0) is 5.41 Å². The molecule has 0 aliphatic carbocycles. The molecule has 0 bridgehead atoms. The molecule has 0 N–H and O–H groups in total. The van der Waals surface area contributed by atoms with Crippen molar-refractivity contribution in [2.75, 3.05) is 4.90 Å². The number of non-ortho nitro benzene ring substituents is 1. The van der Waals surface area contributed by atoms with Crippen LogP contribution in [0.2, 0.25) is 0 Å². The van der Waals surface area contributed by atoms with Gasteiger partial charge in [-0.2, -0.15) is 0 Å². The van der Waals surface area contributed by atoms with Crippen LogP contribution in [0, 0.1) is 10.1 Å². The minimum Gasteiger partial charge on any atom is -0.302 e. The Morgan fingerprint density at radius 1 is 0.900 bits per heavy atom. The van der Waals surface area contributed by atoms with E-state index in [0.29, 0.717) is 5.56 Å². The van der Waals surface area contributed by atoms with Crippen LogP contribution in [0.3, 0.4) is 0 Å². The average Bonchev–Trinajstić information content (AvgIpc) is 2.73. The maximum absolute atomic E-state index is 13.6. The molecular weight excluding hydrogens is 376 g/mol. The van der Waals surface area contributed by atoms with Crippen LogP contribution in [0.4, 0.5) is 11.4 Å². The zero-order valence-corrected chi connectivity index (χ0v) is 17.3. The van der Waals surface area contributed by atoms with E-state index in [2.05, 4.69) is 39.0 Å². The van der Waals surface area contributed by atoms with Crippen LogP contribution in [0.5, 0.6) is 0 Å². The predicted octanol–water partition coefficient (Wildman–Crippen LogP) is 5.73. The summed E-state index contributed by atoms with van der Waals surface area (Å²) in [7, 11) is 0. The maximum Gasteiger partial charge on any atom is 0.269 e. The van der Waals surface area contributed by atoms with Crippen LogP contribution in [0.15, 0.2) is 78.9 Å². The van der Waals surface area contributed by atoms with E-state index in [9.17, 15) is 14.9 Å². The van der Waals surface area contributed by atoms with Crippen LogP contribution in [0.25, 0.3) is 0 Å². The third kappa shape index (κ3) is 3.16. The van der Waals surface area contributed by atoms with Gasteiger partial charge in [0.25, 0.3) is 11.6 Å². The van der Waals surface area contributed by atoms with Crippen molar-refractivity contribution in [2.45, 2.75) is 38.1 Å². The summed E-state index contributed by atoms with van der Waals surface area (Å²) in [5.74, 6) is -0.155. The summed E-state index contributed by atoms with van der Waals surface area (Å²) < 4.78 is 0. The molecule has 0 saturated heterocycles. The van der Waals surface area contributed by atoms with Crippen LogP contribution in [-0.4, -0.2) is 16.4 Å². The molecule has 5 heteroatoms. The highest BCUT2D eigenvalue weighted by molar-refractivity contribution is 6.08. The normalized spacial score (nSPS) is 19.8. The fourth-order valence-electron chi connectivity index (χ4n) is 4.80. The van der Waals surface area contributed by atoms with Crippen molar-refractivity contribution in [2.24, 2.45) is 0 Å². The van der Waals surface area contributed by atoms with Gasteiger partial charge in [-0.05, 0) is 49.6 Å². The van der Waals surface area contributed by atoms with Gasteiger partial charge in [0.05, 0.1) is 4.92 Å². The number of benzene rings is 3. The van der Waals surface area contributed by atoms with E-state index in [1.807, 2.05) is 41.3 Å². The highest BCUT2D eigenvalue weighted by Crippen LogP contribution is 2.50. The van der Waals surface area contributed by atoms with Gasteiger partial charge >= 0.3 is 0 Å². The van der Waals surface area contributed by atoms with Crippen molar-refractivity contribution >= 4 is 17.3 Å². The van der Waals surface area contributed by atoms with E-state index >= 15 is 0 Å². The van der Waals surface area contributed by atoms with E-state index in [1.54, 1.807) is 0 Å². The van der Waals surface area contributed by atoms with E-state index in [-0.39, 0.29) is 17.0 Å². The number of hydrogen-bond donors (Lipinski definition) is 0. The molecule has 0 fully saturated rings. The third-order valence-electron chi connectivity index (χ3n) is 6.07. The number of carbonyl (C=O) groups is 1. The summed E-state index contributed by atoms with van der Waals surface area (Å²) in [5.41, 5.74) is 2.90. The van der Waals surface area contributed by atoms with E-state index in [4.69, 9.17) is 0 Å². The van der Waals surface area contributed by atoms with Crippen molar-refractivity contribution in [1.82, 2.24) is 0 Å². The number of nitro groups is 1. The SMILES string of the molecule is CC1(c2ccccc2)CC(C)(C)N(C(=O)c2ccc([N+](=O)[O-])cc2)c2ccccc21. The summed E-state index contributed by atoms with van der Waals surface area (Å²) in [6, 6.07) is 24.2. The molecule has 1 aliphatic rings. The monoisotopic (exact) mass is 400 g/mol. The summed E-state index contributed by atoms with van der Waals surface area (Å²) in [5, 5.41) is 11.0. The number of fused-ring (bicyclic) bond motifs is 1. The molecule has 1 aliphatic heterocycles. The van der Waals surface area contributed by atoms with E-state index in [1.165, 1.54) is 29.8 Å². The Kier molecular flexibility index (Phi) is 4.69. The largest absolute Gasteiger partial charge is 0.302 e. The van der Waals surface area contributed by atoms with Crippen molar-refractivity contribution in [3.8, 4) is 0 Å². The lowest BCUT2D eigenvalue weighted by Crippen LogP contribution is -2.55. The fraction of sp³-hybridized carbons (Fsp3) is 0.240. The van der Waals surface area contributed by atoms with Gasteiger partial charge < -0.3 is 4.90 Å². The topological polar surface area (TPSA) is 63.5 Å². The van der Waals surface area contributed by atoms with Crippen LogP contribution >= 0.6 is 0 Å². The molecule has 3 aromatic carbocycles. The van der Waals surface area contributed by atoms with Crippen molar-refractivity contribution in [3.63, 3.8) is 0 Å². The number of nitro benzene ring substituents is 1. The highest BCUT2D eigenvalue weighted by Gasteiger charge is 2.47. The minimum absolute atomic E-state index is 0.0264. The zero-order chi connectivity index (χ0) is 21.5. The zero-order valence-electron chi connectivity index (χ0n) is 17.3. The molecule has 3 aromatic rings. The predicted molar refractivity (Wildman–Crippen MR) is 118 cm³/mol. The molecule has 0 spiro atoms. The lowest BCUT2D eigenvalue weighted by Gasteiger charge is -2.51. The van der Waals surface area contributed by atoms with Gasteiger partial charge in [-0.3, -0.25) is 14.9 Å². The molecule has 0 aromatic heterocycles. The van der Waals surface area contributed by atoms with Gasteiger partial charge in [0.15, 0.2) is 0 Å². The molecule has 5 nitrogen and oxygen atoms in total. The van der Waals surface area contributed by atoms with Gasteiger partial charge in [0.2, 0.25) is 0 Å². The Labute approximate surface area is 176 Å². The standard InChI is InChI=1S/C25H24N2O3/c1-24(2)17-25(3,19-9-5-4-6-10-19)21-11-7-8-12-22(21)26(24)23(28)18-13-15-20(16-14-18)27(29)30/h4-16H,17H2,1-3H3. The molecule has 1 heterocycles. The van der Waals surface area contributed by atoms with E-state index < -0.39 is 10.5 Å². The van der Waals surface area contributed by atoms with Gasteiger partial charge in [-0.15, -0.1) is 0 Å². The summed E-state index contributed by atoms with van der Waals surface area (Å²) in [6.45, 7) is 6.39. The van der Waals surface area contributed by atoms with Crippen molar-refractivity contribution < 1.29 is 9.72 Å². The first-order valence-electron chi connectivity index (χ1n) is 9.98. The number of amides is 1. The molecule has 1 unspecified atom stereocenters. The summed E-state index contributed by atoms with van der Waals surface area (Å²) in [4.78, 5) is 25.9. The maximum atomic E-state index is 13.6. The fourth-order valence-corrected chi connectivity index (χ4v) is 4.80. The quantitative estimate of drug-likeness (QED) is 0.417. The summed E-state index contributed by atoms with van der Waals surface area (Å²) in [6.07, 6.45) is 0.750. The number of hydrogen-bond acceptors (Lipinski definition) is 3. The Bertz CT molecular complexity index is 1110. The third-order valence-corrected chi connectivity index (χ3v) is 6.07. The number of anilines is 1. The molecule has 152 valence electrons. The van der Waals surface area contributed by atoms with Gasteiger partial charge in [-0.25, -0.2) is 0 Å². The first kappa shape index (κ1) is 19.8. The average molecular weight is 400 g/mol. The second-order valence-electron chi connectivity index (χ2n) is 8.65. The number of nitrogens with zero attached hydrogens (tertiary/aromatic N) is 2. The number of para-hydroxylation sites is 1. The van der Waals surface area contributed by atoms with Crippen molar-refractivity contribution in [3.05, 3.63) is 106 Å². The Balaban J connectivity index is 1.83. The Morgan fingerprint density at radius 3 is 2.13 bits per heavy atom. The lowest BCUT2D eigenvalue weighted by molar-refractivity contribution is -0.384. The van der Waals surface area contributed by atoms with Crippen molar-refractivity contribution in [1.29, 1.82) is 0 Å². The van der Waals surface area contributed by atoms with Gasteiger partial charge in [0.1, 0.15) is 0 Å². The number of carbonyl (C=O) groups excluding carboxylic acids is 1. The smallest absolute Gasteiger partial charge is 0.269 e. The molecule has 1 amide bonds. The molecular formula is C25H24N2O3. The first-order chi connectivity index (χ1) is 14.2. The second-order valence-corrected chi connectivity index (χ2v) is 8.65. The lowest BCUT2D eigenvalue weighted by atomic mass is 9.65. The second kappa shape index (κ2) is 7.10. The molecule has 30 heavy (non-hydrogen) atoms. The van der Waals surface area contributed by atoms with Gasteiger partial charge in [0, 0.05) is 34.3 Å². The highest BCUT2D eigenvalue weighted by atomic mass is 16.6. The van der Waals surface area contributed by atoms with Gasteiger partial charge in [-0.1, -0.05) is 55.5 Å². The van der Waals surface area contributed by atoms with Crippen LogP contribution in [0.1, 0.15) is 48.7 Å².